The van der Waals surface area contributed by atoms with Gasteiger partial charge in [0.05, 0.1) is 5.69 Å². The van der Waals surface area contributed by atoms with Gasteiger partial charge in [0.15, 0.2) is 0 Å². The van der Waals surface area contributed by atoms with Crippen molar-refractivity contribution in [2.45, 2.75) is 12.3 Å². The molecule has 16 heavy (non-hydrogen) atoms. The molecule has 1 aliphatic rings. The summed E-state index contributed by atoms with van der Waals surface area (Å²) >= 11 is 0. The summed E-state index contributed by atoms with van der Waals surface area (Å²) < 4.78 is 0. The van der Waals surface area contributed by atoms with Gasteiger partial charge in [0.2, 0.25) is 0 Å². The number of allylic oxidation sites excluding steroid dienone is 1. The molecule has 0 saturated heterocycles. The smallest absolute Gasteiger partial charge is 0.116 e. The highest BCUT2D eigenvalue weighted by molar-refractivity contribution is 5.55. The van der Waals surface area contributed by atoms with Crippen LogP contribution >= 0.6 is 0 Å². The largest absolute Gasteiger partial charge is 0.244 e. The zero-order valence-corrected chi connectivity index (χ0v) is 8.88. The van der Waals surface area contributed by atoms with E-state index >= 15 is 0 Å². The van der Waals surface area contributed by atoms with Crippen molar-refractivity contribution in [3.05, 3.63) is 65.8 Å². The number of fused-ring (bicyclic) bond motifs is 1. The van der Waals surface area contributed by atoms with Crippen LogP contribution in [0.5, 0.6) is 0 Å². The van der Waals surface area contributed by atoms with Crippen molar-refractivity contribution in [3.63, 3.8) is 0 Å². The molecule has 78 valence electrons. The van der Waals surface area contributed by atoms with E-state index in [4.69, 9.17) is 0 Å². The van der Waals surface area contributed by atoms with E-state index in [1.165, 1.54) is 11.1 Å². The Morgan fingerprint density at radius 3 is 2.88 bits per heavy atom. The molecule has 0 saturated carbocycles. The van der Waals surface area contributed by atoms with E-state index in [1.54, 1.807) is 6.33 Å². The molecule has 0 amide bonds. The highest BCUT2D eigenvalue weighted by Crippen LogP contribution is 2.33. The zero-order chi connectivity index (χ0) is 10.8. The lowest BCUT2D eigenvalue weighted by Gasteiger charge is -2.20. The van der Waals surface area contributed by atoms with Crippen molar-refractivity contribution < 1.29 is 0 Å². The monoisotopic (exact) mass is 208 g/mol. The Kier molecular flexibility index (Phi) is 2.26. The molecule has 1 heterocycles. The normalized spacial score (nSPS) is 18.1. The number of aromatic nitrogens is 2. The Hall–Kier alpha value is -1.96. The topological polar surface area (TPSA) is 25.8 Å². The van der Waals surface area contributed by atoms with E-state index in [0.29, 0.717) is 5.92 Å². The van der Waals surface area contributed by atoms with Crippen LogP contribution in [0.4, 0.5) is 0 Å². The Morgan fingerprint density at radius 1 is 1.12 bits per heavy atom. The first kappa shape index (κ1) is 9.28. The summed E-state index contributed by atoms with van der Waals surface area (Å²) in [7, 11) is 0. The van der Waals surface area contributed by atoms with Crippen molar-refractivity contribution in [3.8, 4) is 0 Å². The van der Waals surface area contributed by atoms with Crippen molar-refractivity contribution in [1.29, 1.82) is 0 Å². The molecule has 3 rings (SSSR count). The molecular weight excluding hydrogens is 196 g/mol. The van der Waals surface area contributed by atoms with Gasteiger partial charge in [0, 0.05) is 17.7 Å². The van der Waals surface area contributed by atoms with Crippen LogP contribution in [0.2, 0.25) is 0 Å². The predicted octanol–water partition coefficient (Wildman–Crippen LogP) is 3.03. The number of rotatable bonds is 1. The maximum absolute atomic E-state index is 4.30. The SMILES string of the molecule is C1=Cc2ncncc2C(c2ccccc2)C1. The number of hydrogen-bond donors (Lipinski definition) is 0. The molecule has 2 aromatic rings. The summed E-state index contributed by atoms with van der Waals surface area (Å²) in [5, 5.41) is 0. The second kappa shape index (κ2) is 3.89. The molecule has 0 bridgehead atoms. The molecule has 0 spiro atoms. The third kappa shape index (κ3) is 1.52. The summed E-state index contributed by atoms with van der Waals surface area (Å²) in [6, 6.07) is 10.5. The highest BCUT2D eigenvalue weighted by atomic mass is 14.8. The molecule has 2 heteroatoms. The molecule has 0 aliphatic heterocycles. The zero-order valence-electron chi connectivity index (χ0n) is 8.88. The Morgan fingerprint density at radius 2 is 2.00 bits per heavy atom. The van der Waals surface area contributed by atoms with Gasteiger partial charge in [0.25, 0.3) is 0 Å². The first-order chi connectivity index (χ1) is 7.95. The van der Waals surface area contributed by atoms with E-state index in [1.807, 2.05) is 12.3 Å². The minimum absolute atomic E-state index is 0.405. The number of hydrogen-bond acceptors (Lipinski definition) is 2. The maximum Gasteiger partial charge on any atom is 0.116 e. The highest BCUT2D eigenvalue weighted by Gasteiger charge is 2.19. The van der Waals surface area contributed by atoms with Crippen molar-refractivity contribution >= 4 is 6.08 Å². The molecule has 2 nitrogen and oxygen atoms in total. The third-order valence-electron chi connectivity index (χ3n) is 3.00. The van der Waals surface area contributed by atoms with E-state index in [2.05, 4.69) is 46.4 Å². The summed E-state index contributed by atoms with van der Waals surface area (Å²) in [5.41, 5.74) is 3.62. The first-order valence-electron chi connectivity index (χ1n) is 5.46. The van der Waals surface area contributed by atoms with Gasteiger partial charge in [-0.3, -0.25) is 0 Å². The van der Waals surface area contributed by atoms with Gasteiger partial charge in [-0.1, -0.05) is 36.4 Å². The minimum atomic E-state index is 0.405. The van der Waals surface area contributed by atoms with Gasteiger partial charge in [-0.25, -0.2) is 9.97 Å². The fourth-order valence-corrected chi connectivity index (χ4v) is 2.20. The van der Waals surface area contributed by atoms with Gasteiger partial charge in [-0.15, -0.1) is 0 Å². The van der Waals surface area contributed by atoms with Crippen LogP contribution in [0, 0.1) is 0 Å². The molecular formula is C14H12N2. The first-order valence-corrected chi connectivity index (χ1v) is 5.46. The lowest BCUT2D eigenvalue weighted by atomic mass is 9.85. The second-order valence-corrected chi connectivity index (χ2v) is 3.96. The Labute approximate surface area is 94.7 Å². The number of benzene rings is 1. The molecule has 0 fully saturated rings. The lowest BCUT2D eigenvalue weighted by molar-refractivity contribution is 0.800. The van der Waals surface area contributed by atoms with E-state index in [0.717, 1.165) is 12.1 Å². The lowest BCUT2D eigenvalue weighted by Crippen LogP contribution is -2.07. The molecule has 1 unspecified atom stereocenters. The fourth-order valence-electron chi connectivity index (χ4n) is 2.20. The third-order valence-corrected chi connectivity index (χ3v) is 3.00. The van der Waals surface area contributed by atoms with Crippen LogP contribution < -0.4 is 0 Å². The van der Waals surface area contributed by atoms with E-state index < -0.39 is 0 Å². The summed E-state index contributed by atoms with van der Waals surface area (Å²) in [5.74, 6) is 0.405. The predicted molar refractivity (Wildman–Crippen MR) is 64.0 cm³/mol. The molecule has 0 N–H and O–H groups in total. The summed E-state index contributed by atoms with van der Waals surface area (Å²) in [6.07, 6.45) is 8.84. The Bertz CT molecular complexity index is 517. The second-order valence-electron chi connectivity index (χ2n) is 3.96. The van der Waals surface area contributed by atoms with E-state index in [-0.39, 0.29) is 0 Å². The maximum atomic E-state index is 4.30. The standard InChI is InChI=1S/C14H12N2/c1-2-5-11(6-3-1)12-7-4-8-14-13(12)9-15-10-16-14/h1-6,8-10,12H,7H2. The van der Waals surface area contributed by atoms with Gasteiger partial charge < -0.3 is 0 Å². The van der Waals surface area contributed by atoms with Crippen LogP contribution in [-0.2, 0) is 0 Å². The summed E-state index contributed by atoms with van der Waals surface area (Å²) in [4.78, 5) is 8.43. The van der Waals surface area contributed by atoms with Crippen LogP contribution in [0.15, 0.2) is 48.9 Å². The average Bonchev–Trinajstić information content (AvgIpc) is 2.39. The fraction of sp³-hybridized carbons (Fsp3) is 0.143. The summed E-state index contributed by atoms with van der Waals surface area (Å²) in [6.45, 7) is 0. The molecule has 1 atom stereocenters. The van der Waals surface area contributed by atoms with Crippen molar-refractivity contribution in [2.75, 3.05) is 0 Å². The molecule has 0 radical (unpaired) electrons. The van der Waals surface area contributed by atoms with Crippen LogP contribution in [0.25, 0.3) is 6.08 Å². The average molecular weight is 208 g/mol. The molecule has 1 aromatic heterocycles. The van der Waals surface area contributed by atoms with Gasteiger partial charge in [-0.2, -0.15) is 0 Å². The number of nitrogens with zero attached hydrogens (tertiary/aromatic N) is 2. The molecule has 1 aliphatic carbocycles. The minimum Gasteiger partial charge on any atom is -0.244 e. The van der Waals surface area contributed by atoms with Gasteiger partial charge in [0.1, 0.15) is 6.33 Å². The van der Waals surface area contributed by atoms with E-state index in [9.17, 15) is 0 Å². The quantitative estimate of drug-likeness (QED) is 0.720. The van der Waals surface area contributed by atoms with Crippen LogP contribution in [0.1, 0.15) is 29.2 Å². The van der Waals surface area contributed by atoms with Gasteiger partial charge >= 0.3 is 0 Å². The van der Waals surface area contributed by atoms with Crippen molar-refractivity contribution in [2.24, 2.45) is 0 Å². The molecule has 1 aromatic carbocycles. The van der Waals surface area contributed by atoms with Crippen LogP contribution in [-0.4, -0.2) is 9.97 Å². The van der Waals surface area contributed by atoms with Crippen LogP contribution in [0.3, 0.4) is 0 Å². The van der Waals surface area contributed by atoms with Crippen molar-refractivity contribution in [1.82, 2.24) is 9.97 Å². The van der Waals surface area contributed by atoms with Gasteiger partial charge in [-0.05, 0) is 18.1 Å². The Balaban J connectivity index is 2.09.